The van der Waals surface area contributed by atoms with Gasteiger partial charge in [-0.1, -0.05) is 79.4 Å². The summed E-state index contributed by atoms with van der Waals surface area (Å²) in [6, 6.07) is 23.2. The Morgan fingerprint density at radius 1 is 0.949 bits per heavy atom. The lowest BCUT2D eigenvalue weighted by molar-refractivity contribution is -0.141. The first kappa shape index (κ1) is 29.2. The number of nitrogens with one attached hydrogen (secondary N) is 1. The SMILES string of the molecule is O=C(NC1CCCCC1)[C@@H](Cc1ccccc1)N(Cc1ccccc1F)C(=O)CCCSc1ccc(Cl)cc1. The Morgan fingerprint density at radius 3 is 2.36 bits per heavy atom. The van der Waals surface area contributed by atoms with Crippen LogP contribution in [-0.2, 0) is 22.6 Å². The lowest BCUT2D eigenvalue weighted by Crippen LogP contribution is -2.52. The van der Waals surface area contributed by atoms with Crippen molar-refractivity contribution in [1.29, 1.82) is 0 Å². The number of nitrogens with zero attached hydrogens (tertiary/aromatic N) is 1. The lowest BCUT2D eigenvalue weighted by Gasteiger charge is -2.33. The van der Waals surface area contributed by atoms with Crippen LogP contribution in [0, 0.1) is 5.82 Å². The molecule has 3 aromatic carbocycles. The van der Waals surface area contributed by atoms with E-state index in [1.54, 1.807) is 34.9 Å². The molecule has 39 heavy (non-hydrogen) atoms. The second-order valence-electron chi connectivity index (χ2n) is 10.1. The van der Waals surface area contributed by atoms with Crippen molar-refractivity contribution in [1.82, 2.24) is 10.2 Å². The third kappa shape index (κ3) is 9.11. The molecule has 3 aromatic rings. The van der Waals surface area contributed by atoms with Gasteiger partial charge in [0.2, 0.25) is 11.8 Å². The molecule has 1 fully saturated rings. The van der Waals surface area contributed by atoms with Crippen molar-refractivity contribution in [2.45, 2.75) is 74.9 Å². The van der Waals surface area contributed by atoms with E-state index >= 15 is 0 Å². The van der Waals surface area contributed by atoms with E-state index in [0.29, 0.717) is 23.4 Å². The van der Waals surface area contributed by atoms with Gasteiger partial charge in [-0.05, 0) is 60.9 Å². The van der Waals surface area contributed by atoms with Crippen molar-refractivity contribution in [3.8, 4) is 0 Å². The summed E-state index contributed by atoms with van der Waals surface area (Å²) in [5, 5.41) is 3.92. The van der Waals surface area contributed by atoms with Crippen LogP contribution in [0.5, 0.6) is 0 Å². The molecule has 0 aliphatic heterocycles. The first-order valence-corrected chi connectivity index (χ1v) is 15.1. The lowest BCUT2D eigenvalue weighted by atomic mass is 9.94. The van der Waals surface area contributed by atoms with Gasteiger partial charge in [0, 0.05) is 40.9 Å². The molecule has 4 rings (SSSR count). The van der Waals surface area contributed by atoms with E-state index < -0.39 is 6.04 Å². The highest BCUT2D eigenvalue weighted by Gasteiger charge is 2.32. The molecule has 1 N–H and O–H groups in total. The Hall–Kier alpha value is -2.83. The Balaban J connectivity index is 1.52. The van der Waals surface area contributed by atoms with E-state index in [2.05, 4.69) is 5.32 Å². The number of carbonyl (C=O) groups excluding carboxylic acids is 2. The van der Waals surface area contributed by atoms with Gasteiger partial charge >= 0.3 is 0 Å². The number of rotatable bonds is 12. The van der Waals surface area contributed by atoms with Crippen LogP contribution in [0.25, 0.3) is 0 Å². The summed E-state index contributed by atoms with van der Waals surface area (Å²) in [7, 11) is 0. The molecule has 1 aliphatic carbocycles. The van der Waals surface area contributed by atoms with Gasteiger partial charge in [0.05, 0.1) is 0 Å². The van der Waals surface area contributed by atoms with Crippen LogP contribution in [0.3, 0.4) is 0 Å². The maximum Gasteiger partial charge on any atom is 0.243 e. The van der Waals surface area contributed by atoms with Gasteiger partial charge in [-0.2, -0.15) is 0 Å². The highest BCUT2D eigenvalue weighted by atomic mass is 35.5. The van der Waals surface area contributed by atoms with Gasteiger partial charge in [0.1, 0.15) is 11.9 Å². The fourth-order valence-corrected chi connectivity index (χ4v) is 5.98. The van der Waals surface area contributed by atoms with Crippen LogP contribution in [0.15, 0.2) is 83.8 Å². The summed E-state index contributed by atoms with van der Waals surface area (Å²) in [6.45, 7) is 0.0470. The zero-order chi connectivity index (χ0) is 27.5. The summed E-state index contributed by atoms with van der Waals surface area (Å²) in [6.07, 6.45) is 6.57. The Morgan fingerprint density at radius 2 is 1.64 bits per heavy atom. The molecule has 7 heteroatoms. The average molecular weight is 567 g/mol. The average Bonchev–Trinajstić information content (AvgIpc) is 2.96. The van der Waals surface area contributed by atoms with E-state index in [-0.39, 0.29) is 36.6 Å². The summed E-state index contributed by atoms with van der Waals surface area (Å²) in [4.78, 5) is 30.2. The number of thioether (sulfide) groups is 1. The van der Waals surface area contributed by atoms with Crippen molar-refractivity contribution in [2.75, 3.05) is 5.75 Å². The number of halogens is 2. The molecule has 2 amide bonds. The van der Waals surface area contributed by atoms with Crippen LogP contribution < -0.4 is 5.32 Å². The maximum absolute atomic E-state index is 14.7. The molecule has 1 saturated carbocycles. The number of amides is 2. The highest BCUT2D eigenvalue weighted by Crippen LogP contribution is 2.24. The number of benzene rings is 3. The second kappa shape index (κ2) is 15.1. The van der Waals surface area contributed by atoms with Crippen LogP contribution in [0.2, 0.25) is 5.02 Å². The molecule has 206 valence electrons. The monoisotopic (exact) mass is 566 g/mol. The van der Waals surface area contributed by atoms with Crippen molar-refractivity contribution >= 4 is 35.2 Å². The predicted octanol–water partition coefficient (Wildman–Crippen LogP) is 7.44. The molecule has 0 heterocycles. The summed E-state index contributed by atoms with van der Waals surface area (Å²) < 4.78 is 14.7. The fraction of sp³-hybridized carbons (Fsp3) is 0.375. The number of carbonyl (C=O) groups is 2. The number of hydrogen-bond donors (Lipinski definition) is 1. The van der Waals surface area contributed by atoms with E-state index in [4.69, 9.17) is 11.6 Å². The summed E-state index contributed by atoms with van der Waals surface area (Å²) in [5.41, 5.74) is 1.37. The van der Waals surface area contributed by atoms with Gasteiger partial charge in [-0.3, -0.25) is 9.59 Å². The zero-order valence-electron chi connectivity index (χ0n) is 22.2. The minimum Gasteiger partial charge on any atom is -0.352 e. The Bertz CT molecular complexity index is 1200. The molecule has 0 radical (unpaired) electrons. The first-order valence-electron chi connectivity index (χ1n) is 13.7. The van der Waals surface area contributed by atoms with E-state index in [1.807, 2.05) is 54.6 Å². The molecule has 0 spiro atoms. The largest absolute Gasteiger partial charge is 0.352 e. The summed E-state index contributed by atoms with van der Waals surface area (Å²) >= 11 is 7.64. The molecular formula is C32H36ClFN2O2S. The van der Waals surface area contributed by atoms with Gasteiger partial charge in [-0.25, -0.2) is 4.39 Å². The molecule has 0 saturated heterocycles. The quantitative estimate of drug-likeness (QED) is 0.183. The molecule has 4 nitrogen and oxygen atoms in total. The molecular weight excluding hydrogens is 531 g/mol. The van der Waals surface area contributed by atoms with Gasteiger partial charge in [0.25, 0.3) is 0 Å². The zero-order valence-corrected chi connectivity index (χ0v) is 23.7. The standard InChI is InChI=1S/C32H36ClFN2O2S/c33-26-17-19-28(20-18-26)39-21-9-16-31(37)36(23-25-12-7-8-15-29(25)34)30(22-24-10-3-1-4-11-24)32(38)35-27-13-5-2-6-14-27/h1,3-4,7-8,10-12,15,17-20,27,30H,2,5-6,9,13-14,16,21-23H2,(H,35,38)/t30-/m1/s1. The van der Waals surface area contributed by atoms with E-state index in [0.717, 1.165) is 41.9 Å². The fourth-order valence-electron chi connectivity index (χ4n) is 5.00. The topological polar surface area (TPSA) is 49.4 Å². The summed E-state index contributed by atoms with van der Waals surface area (Å²) in [5.74, 6) is 0.0684. The van der Waals surface area contributed by atoms with Crippen LogP contribution in [-0.4, -0.2) is 34.6 Å². The smallest absolute Gasteiger partial charge is 0.243 e. The van der Waals surface area contributed by atoms with Gasteiger partial charge in [0.15, 0.2) is 0 Å². The highest BCUT2D eigenvalue weighted by molar-refractivity contribution is 7.99. The van der Waals surface area contributed by atoms with Crippen LogP contribution in [0.1, 0.15) is 56.1 Å². The van der Waals surface area contributed by atoms with E-state index in [9.17, 15) is 14.0 Å². The molecule has 0 bridgehead atoms. The molecule has 0 unspecified atom stereocenters. The Kier molecular flexibility index (Phi) is 11.3. The first-order chi connectivity index (χ1) is 19.0. The minimum absolute atomic E-state index is 0.0470. The molecule has 0 aromatic heterocycles. The number of hydrogen-bond acceptors (Lipinski definition) is 3. The van der Waals surface area contributed by atoms with Crippen molar-refractivity contribution in [3.05, 3.63) is 101 Å². The third-order valence-electron chi connectivity index (χ3n) is 7.14. The van der Waals surface area contributed by atoms with Crippen molar-refractivity contribution in [3.63, 3.8) is 0 Å². The Labute approximate surface area is 240 Å². The normalized spacial score (nSPS) is 14.5. The van der Waals surface area contributed by atoms with Crippen molar-refractivity contribution in [2.24, 2.45) is 0 Å². The maximum atomic E-state index is 14.7. The van der Waals surface area contributed by atoms with Crippen LogP contribution >= 0.6 is 23.4 Å². The van der Waals surface area contributed by atoms with E-state index in [1.165, 1.54) is 12.5 Å². The third-order valence-corrected chi connectivity index (χ3v) is 8.49. The van der Waals surface area contributed by atoms with Crippen molar-refractivity contribution < 1.29 is 14.0 Å². The molecule has 1 aliphatic rings. The predicted molar refractivity (Wildman–Crippen MR) is 157 cm³/mol. The minimum atomic E-state index is -0.731. The second-order valence-corrected chi connectivity index (χ2v) is 11.7. The van der Waals surface area contributed by atoms with Gasteiger partial charge in [-0.15, -0.1) is 11.8 Å². The van der Waals surface area contributed by atoms with Crippen LogP contribution in [0.4, 0.5) is 4.39 Å². The van der Waals surface area contributed by atoms with Gasteiger partial charge < -0.3 is 10.2 Å². The molecule has 1 atom stereocenters.